The number of hydrogen-bond donors (Lipinski definition) is 2. The van der Waals surface area contributed by atoms with Crippen molar-refractivity contribution in [3.8, 4) is 33.5 Å². The van der Waals surface area contributed by atoms with E-state index in [0.29, 0.717) is 18.5 Å². The van der Waals surface area contributed by atoms with Gasteiger partial charge in [0.25, 0.3) is 0 Å². The number of rotatable bonds is 5. The van der Waals surface area contributed by atoms with Crippen molar-refractivity contribution >= 4 is 22.8 Å². The molecule has 46 heavy (non-hydrogen) atoms. The Morgan fingerprint density at radius 2 is 1.50 bits per heavy atom. The van der Waals surface area contributed by atoms with Crippen LogP contribution in [0.1, 0.15) is 51.8 Å². The highest BCUT2D eigenvalue weighted by molar-refractivity contribution is 6.06. The molecule has 0 spiro atoms. The quantitative estimate of drug-likeness (QED) is 0.206. The summed E-state index contributed by atoms with van der Waals surface area (Å²) in [7, 11) is 0. The molecule has 7 rings (SSSR count). The summed E-state index contributed by atoms with van der Waals surface area (Å²) in [6.07, 6.45) is 2.15. The van der Waals surface area contributed by atoms with Crippen molar-refractivity contribution in [1.82, 2.24) is 24.9 Å². The maximum Gasteiger partial charge on any atom is 0.408 e. The Morgan fingerprint density at radius 3 is 2.09 bits per heavy atom. The van der Waals surface area contributed by atoms with E-state index in [1.165, 1.54) is 0 Å². The van der Waals surface area contributed by atoms with Gasteiger partial charge in [-0.2, -0.15) is 9.61 Å². The molecule has 1 saturated carbocycles. The molecule has 0 unspecified atom stereocenters. The van der Waals surface area contributed by atoms with Crippen molar-refractivity contribution in [2.45, 2.75) is 64.2 Å². The molecule has 1 amide bonds. The highest BCUT2D eigenvalue weighted by atomic mass is 16.6. The SMILES string of the molecule is Cc1cc2ncc3c(-c4ccccc4)c(-c4ccccc4)c(-c4ccc(C5(NC(=O)OC(C)(C)C)CC(C)(O)C5)cc4)nc3n2n1. The smallest absolute Gasteiger partial charge is 0.408 e. The number of pyridine rings is 1. The van der Waals surface area contributed by atoms with E-state index >= 15 is 0 Å². The zero-order valence-corrected chi connectivity index (χ0v) is 26.7. The van der Waals surface area contributed by atoms with Crippen molar-refractivity contribution in [2.75, 3.05) is 0 Å². The van der Waals surface area contributed by atoms with Crippen molar-refractivity contribution in [1.29, 1.82) is 0 Å². The van der Waals surface area contributed by atoms with Gasteiger partial charge in [-0.1, -0.05) is 84.9 Å². The standard InChI is InChI=1S/C38H37N5O3/c1-24-20-30-39-21-29-31(25-12-8-6-9-13-25)32(26-14-10-7-11-15-26)33(40-34(29)43(30)42-24)27-16-18-28(19-17-27)38(22-37(5,45)23-38)41-35(44)46-36(2,3)4/h6-21,45H,22-23H2,1-5H3,(H,41,44). The highest BCUT2D eigenvalue weighted by Gasteiger charge is 2.53. The van der Waals surface area contributed by atoms with Crippen molar-refractivity contribution < 1.29 is 14.6 Å². The number of aryl methyl sites for hydroxylation is 1. The second-order valence-corrected chi connectivity index (χ2v) is 13.6. The number of carbonyl (C=O) groups is 1. The molecule has 8 nitrogen and oxygen atoms in total. The average Bonchev–Trinajstić information content (AvgIpc) is 3.40. The lowest BCUT2D eigenvalue weighted by molar-refractivity contribution is -0.0892. The van der Waals surface area contributed by atoms with Gasteiger partial charge >= 0.3 is 6.09 Å². The summed E-state index contributed by atoms with van der Waals surface area (Å²) >= 11 is 0. The van der Waals surface area contributed by atoms with Gasteiger partial charge in [0.1, 0.15) is 5.60 Å². The summed E-state index contributed by atoms with van der Waals surface area (Å²) in [5, 5.41) is 19.5. The minimum Gasteiger partial charge on any atom is -0.444 e. The Hall–Kier alpha value is -5.08. The molecule has 2 N–H and O–H groups in total. The van der Waals surface area contributed by atoms with Crippen LogP contribution in [0.5, 0.6) is 0 Å². The van der Waals surface area contributed by atoms with Crippen LogP contribution in [0.25, 0.3) is 50.2 Å². The fourth-order valence-electron chi connectivity index (χ4n) is 6.79. The monoisotopic (exact) mass is 611 g/mol. The fraction of sp³-hybridized carbons (Fsp3) is 0.263. The lowest BCUT2D eigenvalue weighted by atomic mass is 9.62. The number of carbonyl (C=O) groups excluding carboxylic acids is 1. The third kappa shape index (κ3) is 5.39. The molecule has 1 aliphatic carbocycles. The predicted molar refractivity (Wildman–Crippen MR) is 180 cm³/mol. The van der Waals surface area contributed by atoms with Gasteiger partial charge in [0.2, 0.25) is 0 Å². The normalized spacial score (nSPS) is 19.6. The minimum absolute atomic E-state index is 0.379. The molecular weight excluding hydrogens is 574 g/mol. The zero-order valence-electron chi connectivity index (χ0n) is 26.7. The van der Waals surface area contributed by atoms with E-state index in [9.17, 15) is 9.90 Å². The van der Waals surface area contributed by atoms with E-state index in [2.05, 4.69) is 29.6 Å². The maximum absolute atomic E-state index is 12.9. The highest BCUT2D eigenvalue weighted by Crippen LogP contribution is 2.49. The van der Waals surface area contributed by atoms with Crippen LogP contribution in [0.15, 0.2) is 97.2 Å². The number of benzene rings is 3. The van der Waals surface area contributed by atoms with Gasteiger partial charge < -0.3 is 15.2 Å². The third-order valence-corrected chi connectivity index (χ3v) is 8.50. The first-order chi connectivity index (χ1) is 21.9. The van der Waals surface area contributed by atoms with E-state index in [4.69, 9.17) is 19.8 Å². The summed E-state index contributed by atoms with van der Waals surface area (Å²) < 4.78 is 7.41. The number of fused-ring (bicyclic) bond motifs is 3. The molecule has 232 valence electrons. The third-order valence-electron chi connectivity index (χ3n) is 8.50. The molecular formula is C38H37N5O3. The average molecular weight is 612 g/mol. The van der Waals surface area contributed by atoms with Crippen LogP contribution in [0.4, 0.5) is 4.79 Å². The molecule has 0 bridgehead atoms. The zero-order chi connectivity index (χ0) is 32.3. The lowest BCUT2D eigenvalue weighted by Crippen LogP contribution is -2.62. The summed E-state index contributed by atoms with van der Waals surface area (Å²) in [6.45, 7) is 9.26. The number of aromatic nitrogens is 4. The van der Waals surface area contributed by atoms with Gasteiger partial charge in [0.15, 0.2) is 11.3 Å². The Morgan fingerprint density at radius 1 is 0.891 bits per heavy atom. The molecule has 1 aliphatic rings. The van der Waals surface area contributed by atoms with Crippen LogP contribution in [0.3, 0.4) is 0 Å². The second-order valence-electron chi connectivity index (χ2n) is 13.6. The second kappa shape index (κ2) is 10.8. The van der Waals surface area contributed by atoms with Crippen molar-refractivity contribution in [3.05, 3.63) is 108 Å². The Bertz CT molecular complexity index is 2070. The summed E-state index contributed by atoms with van der Waals surface area (Å²) in [6, 6.07) is 30.7. The molecule has 0 saturated heterocycles. The number of alkyl carbamates (subject to hydrolysis) is 1. The Labute approximate surface area is 268 Å². The molecule has 0 aliphatic heterocycles. The molecule has 6 aromatic rings. The summed E-state index contributed by atoms with van der Waals surface area (Å²) in [5.74, 6) is 0. The maximum atomic E-state index is 12.9. The van der Waals surface area contributed by atoms with Crippen LogP contribution in [0.2, 0.25) is 0 Å². The van der Waals surface area contributed by atoms with Gasteiger partial charge in [-0.15, -0.1) is 0 Å². The molecule has 3 aromatic carbocycles. The molecule has 3 aromatic heterocycles. The first-order valence-corrected chi connectivity index (χ1v) is 15.6. The first kappa shape index (κ1) is 29.6. The molecule has 1 fully saturated rings. The largest absolute Gasteiger partial charge is 0.444 e. The van der Waals surface area contributed by atoms with Gasteiger partial charge in [0.05, 0.1) is 22.5 Å². The molecule has 3 heterocycles. The number of amides is 1. The molecule has 0 atom stereocenters. The van der Waals surface area contributed by atoms with E-state index < -0.39 is 22.8 Å². The number of nitrogens with zero attached hydrogens (tertiary/aromatic N) is 4. The van der Waals surface area contributed by atoms with E-state index in [1.807, 2.05) is 105 Å². The van der Waals surface area contributed by atoms with Crippen LogP contribution < -0.4 is 5.32 Å². The minimum atomic E-state index is -0.889. The number of nitrogens with one attached hydrogen (secondary N) is 1. The van der Waals surface area contributed by atoms with Gasteiger partial charge in [-0.3, -0.25) is 0 Å². The van der Waals surface area contributed by atoms with Crippen molar-refractivity contribution in [3.63, 3.8) is 0 Å². The number of hydrogen-bond acceptors (Lipinski definition) is 6. The fourth-order valence-corrected chi connectivity index (χ4v) is 6.79. The Balaban J connectivity index is 1.43. The lowest BCUT2D eigenvalue weighted by Gasteiger charge is -2.52. The van der Waals surface area contributed by atoms with E-state index in [0.717, 1.165) is 55.8 Å². The van der Waals surface area contributed by atoms with Gasteiger partial charge in [-0.05, 0) is 51.3 Å². The van der Waals surface area contributed by atoms with E-state index in [1.54, 1.807) is 6.92 Å². The predicted octanol–water partition coefficient (Wildman–Crippen LogP) is 7.85. The van der Waals surface area contributed by atoms with Crippen LogP contribution >= 0.6 is 0 Å². The molecule has 8 heteroatoms. The van der Waals surface area contributed by atoms with Gasteiger partial charge in [0, 0.05) is 47.2 Å². The van der Waals surface area contributed by atoms with Crippen molar-refractivity contribution in [2.24, 2.45) is 0 Å². The topological polar surface area (TPSA) is 102 Å². The van der Waals surface area contributed by atoms with Crippen LogP contribution in [-0.4, -0.2) is 42.0 Å². The van der Waals surface area contributed by atoms with Gasteiger partial charge in [-0.25, -0.2) is 14.8 Å². The number of ether oxygens (including phenoxy) is 1. The summed E-state index contributed by atoms with van der Waals surface area (Å²) in [4.78, 5) is 23.0. The number of aliphatic hydroxyl groups is 1. The van der Waals surface area contributed by atoms with Crippen LogP contribution in [0, 0.1) is 6.92 Å². The first-order valence-electron chi connectivity index (χ1n) is 15.6. The Kier molecular flexibility index (Phi) is 6.94. The molecule has 0 radical (unpaired) electrons. The van der Waals surface area contributed by atoms with Crippen LogP contribution in [-0.2, 0) is 10.3 Å². The summed E-state index contributed by atoms with van der Waals surface area (Å²) in [5.41, 5.74) is 6.75. The van der Waals surface area contributed by atoms with E-state index in [-0.39, 0.29) is 0 Å².